The van der Waals surface area contributed by atoms with Crippen LogP contribution < -0.4 is 0 Å². The highest BCUT2D eigenvalue weighted by atomic mass is 16.3. The molecule has 0 radical (unpaired) electrons. The fourth-order valence-electron chi connectivity index (χ4n) is 3.97. The van der Waals surface area contributed by atoms with Gasteiger partial charge in [0, 0.05) is 0 Å². The molecule has 0 aliphatic heterocycles. The van der Waals surface area contributed by atoms with Gasteiger partial charge in [-0.1, -0.05) is 0 Å². The lowest BCUT2D eigenvalue weighted by Gasteiger charge is -2.44. The Morgan fingerprint density at radius 2 is 1.00 bits per heavy atom. The summed E-state index contributed by atoms with van der Waals surface area (Å²) in [6.07, 6.45) is 5.44. The molecular weight excluding hydrogens is 164 g/mol. The van der Waals surface area contributed by atoms with Crippen molar-refractivity contribution in [2.45, 2.75) is 44.3 Å². The minimum absolute atomic E-state index is 0.0475. The third kappa shape index (κ3) is 1.08. The molecule has 4 saturated carbocycles. The first-order chi connectivity index (χ1) is 6.25. The summed E-state index contributed by atoms with van der Waals surface area (Å²) < 4.78 is 0. The zero-order valence-electron chi connectivity index (χ0n) is 7.89. The molecule has 2 nitrogen and oxygen atoms in total. The van der Waals surface area contributed by atoms with E-state index >= 15 is 0 Å². The molecular formula is C11H18O2. The molecule has 0 heterocycles. The molecule has 6 unspecified atom stereocenters. The maximum absolute atomic E-state index is 10.0. The van der Waals surface area contributed by atoms with Crippen LogP contribution >= 0.6 is 0 Å². The predicted molar refractivity (Wildman–Crippen MR) is 49.1 cm³/mol. The molecule has 0 aromatic heterocycles. The molecule has 13 heavy (non-hydrogen) atoms. The van der Waals surface area contributed by atoms with Gasteiger partial charge in [-0.05, 0) is 55.8 Å². The number of rotatable bonds is 0. The Kier molecular flexibility index (Phi) is 1.72. The molecule has 4 aliphatic rings. The quantitative estimate of drug-likeness (QED) is 0.590. The number of aliphatic hydroxyl groups excluding tert-OH is 2. The molecule has 4 fully saturated rings. The lowest BCUT2D eigenvalue weighted by atomic mass is 9.65. The van der Waals surface area contributed by atoms with Gasteiger partial charge in [0.05, 0.1) is 12.2 Å². The maximum Gasteiger partial charge on any atom is 0.0596 e. The standard InChI is InChI=1S/C11H18O2/c12-10-6-1-2-7-4-9(10)5-8(3-6)11(7)13/h6-13H,1-5H2. The molecule has 0 aromatic carbocycles. The summed E-state index contributed by atoms with van der Waals surface area (Å²) in [7, 11) is 0. The van der Waals surface area contributed by atoms with Crippen molar-refractivity contribution in [1.82, 2.24) is 0 Å². The number of aliphatic hydroxyl groups is 2. The Balaban J connectivity index is 1.94. The van der Waals surface area contributed by atoms with Crippen LogP contribution in [0.2, 0.25) is 0 Å². The van der Waals surface area contributed by atoms with Gasteiger partial charge >= 0.3 is 0 Å². The summed E-state index contributed by atoms with van der Waals surface area (Å²) in [5.41, 5.74) is 0. The van der Waals surface area contributed by atoms with E-state index in [-0.39, 0.29) is 12.2 Å². The Hall–Kier alpha value is -0.0800. The smallest absolute Gasteiger partial charge is 0.0596 e. The first kappa shape index (κ1) is 8.25. The van der Waals surface area contributed by atoms with E-state index in [2.05, 4.69) is 0 Å². The summed E-state index contributed by atoms with van der Waals surface area (Å²) in [6.45, 7) is 0. The van der Waals surface area contributed by atoms with E-state index in [9.17, 15) is 10.2 Å². The van der Waals surface area contributed by atoms with Crippen LogP contribution in [0.4, 0.5) is 0 Å². The van der Waals surface area contributed by atoms with E-state index in [1.807, 2.05) is 0 Å². The lowest BCUT2D eigenvalue weighted by Crippen LogP contribution is -2.45. The van der Waals surface area contributed by atoms with Crippen LogP contribution in [-0.2, 0) is 0 Å². The first-order valence-electron chi connectivity index (χ1n) is 5.62. The number of hydrogen-bond acceptors (Lipinski definition) is 2. The maximum atomic E-state index is 10.0. The van der Waals surface area contributed by atoms with E-state index in [0.29, 0.717) is 23.7 Å². The molecule has 4 aliphatic carbocycles. The van der Waals surface area contributed by atoms with Gasteiger partial charge in [-0.2, -0.15) is 0 Å². The summed E-state index contributed by atoms with van der Waals surface area (Å²) in [5, 5.41) is 20.0. The summed E-state index contributed by atoms with van der Waals surface area (Å²) in [4.78, 5) is 0. The fraction of sp³-hybridized carbons (Fsp3) is 1.00. The lowest BCUT2D eigenvalue weighted by molar-refractivity contribution is -0.0762. The zero-order valence-corrected chi connectivity index (χ0v) is 7.89. The molecule has 4 rings (SSSR count). The summed E-state index contributed by atoms with van der Waals surface area (Å²) >= 11 is 0. The van der Waals surface area contributed by atoms with Gasteiger partial charge in [0.2, 0.25) is 0 Å². The van der Waals surface area contributed by atoms with Gasteiger partial charge in [-0.3, -0.25) is 0 Å². The molecule has 0 spiro atoms. The fourth-order valence-corrected chi connectivity index (χ4v) is 3.97. The van der Waals surface area contributed by atoms with Crippen molar-refractivity contribution in [3.05, 3.63) is 0 Å². The van der Waals surface area contributed by atoms with Crippen LogP contribution in [0.3, 0.4) is 0 Å². The summed E-state index contributed by atoms with van der Waals surface area (Å²) in [5.74, 6) is 2.04. The minimum atomic E-state index is -0.0475. The minimum Gasteiger partial charge on any atom is -0.393 e. The SMILES string of the molecule is OC1C2CCC3CC1CC(C2)C3O. The first-order valence-corrected chi connectivity index (χ1v) is 5.62. The van der Waals surface area contributed by atoms with Crippen molar-refractivity contribution in [3.63, 3.8) is 0 Å². The second-order valence-corrected chi connectivity index (χ2v) is 5.31. The molecule has 2 heteroatoms. The largest absolute Gasteiger partial charge is 0.393 e. The third-order valence-corrected chi connectivity index (χ3v) is 4.66. The number of hydrogen-bond donors (Lipinski definition) is 2. The van der Waals surface area contributed by atoms with Gasteiger partial charge in [0.25, 0.3) is 0 Å². The van der Waals surface area contributed by atoms with E-state index in [0.717, 1.165) is 32.1 Å². The van der Waals surface area contributed by atoms with E-state index in [1.54, 1.807) is 0 Å². The van der Waals surface area contributed by atoms with Crippen LogP contribution in [0.15, 0.2) is 0 Å². The van der Waals surface area contributed by atoms with Crippen LogP contribution in [0.25, 0.3) is 0 Å². The van der Waals surface area contributed by atoms with Crippen molar-refractivity contribution in [2.75, 3.05) is 0 Å². The average molecular weight is 182 g/mol. The zero-order chi connectivity index (χ0) is 9.00. The van der Waals surface area contributed by atoms with Gasteiger partial charge < -0.3 is 10.2 Å². The number of fused-ring (bicyclic) bond motifs is 1. The topological polar surface area (TPSA) is 40.5 Å². The Morgan fingerprint density at radius 1 is 0.615 bits per heavy atom. The molecule has 74 valence electrons. The van der Waals surface area contributed by atoms with Crippen LogP contribution in [-0.4, -0.2) is 22.4 Å². The Morgan fingerprint density at radius 3 is 1.46 bits per heavy atom. The van der Waals surface area contributed by atoms with E-state index in [4.69, 9.17) is 0 Å². The molecule has 2 N–H and O–H groups in total. The van der Waals surface area contributed by atoms with Gasteiger partial charge in [0.1, 0.15) is 0 Å². The highest BCUT2D eigenvalue weighted by Crippen LogP contribution is 2.51. The molecule has 0 amide bonds. The van der Waals surface area contributed by atoms with Crippen LogP contribution in [0.1, 0.15) is 32.1 Å². The van der Waals surface area contributed by atoms with Crippen molar-refractivity contribution < 1.29 is 10.2 Å². The average Bonchev–Trinajstić information content (AvgIpc) is 2.32. The van der Waals surface area contributed by atoms with Gasteiger partial charge in [-0.15, -0.1) is 0 Å². The van der Waals surface area contributed by atoms with Gasteiger partial charge in [-0.25, -0.2) is 0 Å². The Bertz CT molecular complexity index is 186. The van der Waals surface area contributed by atoms with Crippen molar-refractivity contribution in [2.24, 2.45) is 23.7 Å². The van der Waals surface area contributed by atoms with Crippen molar-refractivity contribution >= 4 is 0 Å². The molecule has 4 bridgehead atoms. The highest BCUT2D eigenvalue weighted by Gasteiger charge is 2.48. The van der Waals surface area contributed by atoms with Crippen molar-refractivity contribution in [1.29, 1.82) is 0 Å². The highest BCUT2D eigenvalue weighted by molar-refractivity contribution is 4.99. The van der Waals surface area contributed by atoms with E-state index < -0.39 is 0 Å². The second-order valence-electron chi connectivity index (χ2n) is 5.31. The predicted octanol–water partition coefficient (Wildman–Crippen LogP) is 1.16. The van der Waals surface area contributed by atoms with Crippen LogP contribution in [0, 0.1) is 23.7 Å². The normalized spacial score (nSPS) is 59.5. The summed E-state index contributed by atoms with van der Waals surface area (Å²) in [6, 6.07) is 0. The van der Waals surface area contributed by atoms with Crippen LogP contribution in [0.5, 0.6) is 0 Å². The van der Waals surface area contributed by atoms with E-state index in [1.165, 1.54) is 0 Å². The van der Waals surface area contributed by atoms with Gasteiger partial charge in [0.15, 0.2) is 0 Å². The second kappa shape index (κ2) is 2.71. The molecule has 0 aromatic rings. The molecule has 6 atom stereocenters. The van der Waals surface area contributed by atoms with Crippen molar-refractivity contribution in [3.8, 4) is 0 Å². The molecule has 0 saturated heterocycles. The monoisotopic (exact) mass is 182 g/mol. The third-order valence-electron chi connectivity index (χ3n) is 4.66. The Labute approximate surface area is 79.0 Å².